The molecule has 7 nitrogen and oxygen atoms in total. The Labute approximate surface area is 211 Å². The van der Waals surface area contributed by atoms with E-state index in [2.05, 4.69) is 32.5 Å². The molecule has 3 heterocycles. The van der Waals surface area contributed by atoms with E-state index < -0.39 is 0 Å². The second kappa shape index (κ2) is 11.6. The summed E-state index contributed by atoms with van der Waals surface area (Å²) in [5, 5.41) is 6.46. The minimum Gasteiger partial charge on any atom is -0.333 e. The molecule has 2 saturated heterocycles. The number of piperidine rings is 2. The number of aryl methyl sites for hydroxylation is 1. The lowest BCUT2D eigenvalue weighted by Gasteiger charge is -2.41. The van der Waals surface area contributed by atoms with Crippen molar-refractivity contribution < 1.29 is 14.0 Å². The number of nitrogens with zero attached hydrogens (tertiary/aromatic N) is 3. The summed E-state index contributed by atoms with van der Waals surface area (Å²) < 4.78 is 13.3. The van der Waals surface area contributed by atoms with Crippen LogP contribution in [0.1, 0.15) is 47.1 Å². The van der Waals surface area contributed by atoms with Crippen molar-refractivity contribution in [3.05, 3.63) is 46.2 Å². The third kappa shape index (κ3) is 7.08. The first-order chi connectivity index (χ1) is 16.8. The number of rotatable bonds is 7. The first-order valence-electron chi connectivity index (χ1n) is 12.5. The van der Waals surface area contributed by atoms with Gasteiger partial charge in [-0.1, -0.05) is 23.5 Å². The first-order valence-corrected chi connectivity index (χ1v) is 13.3. The maximum absolute atomic E-state index is 13.3. The predicted molar refractivity (Wildman–Crippen MR) is 138 cm³/mol. The number of nitrogens with one attached hydrogen (secondary N) is 2. The number of carbonyl (C=O) groups excluding carboxylic acids is 2. The average molecular weight is 502 g/mol. The van der Waals surface area contributed by atoms with Gasteiger partial charge >= 0.3 is 6.03 Å². The van der Waals surface area contributed by atoms with Crippen LogP contribution in [0.3, 0.4) is 0 Å². The zero-order chi connectivity index (χ0) is 24.9. The summed E-state index contributed by atoms with van der Waals surface area (Å²) in [6.45, 7) is 8.20. The zero-order valence-corrected chi connectivity index (χ0v) is 21.7. The fourth-order valence-corrected chi connectivity index (χ4v) is 6.25. The maximum atomic E-state index is 13.3. The van der Waals surface area contributed by atoms with Crippen molar-refractivity contribution in [2.75, 3.05) is 45.1 Å². The van der Waals surface area contributed by atoms with Gasteiger partial charge in [-0.05, 0) is 82.3 Å². The van der Waals surface area contributed by atoms with Crippen LogP contribution in [-0.4, -0.2) is 72.4 Å². The van der Waals surface area contributed by atoms with E-state index in [1.807, 2.05) is 12.1 Å². The van der Waals surface area contributed by atoms with Gasteiger partial charge in [-0.3, -0.25) is 10.1 Å². The number of Topliss-reactive ketones (excluding diaryl/α,β-unsaturated/α-hetero) is 1. The smallest absolute Gasteiger partial charge is 0.321 e. The van der Waals surface area contributed by atoms with Crippen LogP contribution in [-0.2, 0) is 6.42 Å². The summed E-state index contributed by atoms with van der Waals surface area (Å²) in [5.74, 6) is 0.709. The van der Waals surface area contributed by atoms with Gasteiger partial charge in [0.05, 0.1) is 10.6 Å². The van der Waals surface area contributed by atoms with Gasteiger partial charge in [-0.25, -0.2) is 14.2 Å². The molecule has 0 bridgehead atoms. The minimum absolute atomic E-state index is 0.0401. The topological polar surface area (TPSA) is 77.6 Å². The largest absolute Gasteiger partial charge is 0.333 e. The van der Waals surface area contributed by atoms with E-state index in [4.69, 9.17) is 0 Å². The van der Waals surface area contributed by atoms with Gasteiger partial charge in [0.25, 0.3) is 0 Å². The van der Waals surface area contributed by atoms with Crippen LogP contribution in [0.25, 0.3) is 0 Å². The molecule has 2 amide bonds. The lowest BCUT2D eigenvalue weighted by Crippen LogP contribution is -2.55. The van der Waals surface area contributed by atoms with Crippen LogP contribution in [0.5, 0.6) is 0 Å². The molecule has 0 radical (unpaired) electrons. The molecular formula is C26H36FN5O2S. The number of urea groups is 1. The molecule has 2 aliphatic rings. The van der Waals surface area contributed by atoms with Gasteiger partial charge in [0.2, 0.25) is 0 Å². The lowest BCUT2D eigenvalue weighted by atomic mass is 9.88. The summed E-state index contributed by atoms with van der Waals surface area (Å²) in [6, 6.07) is 6.65. The third-order valence-corrected chi connectivity index (χ3v) is 8.32. The van der Waals surface area contributed by atoms with Gasteiger partial charge in [-0.15, -0.1) is 0 Å². The van der Waals surface area contributed by atoms with Gasteiger partial charge in [0.1, 0.15) is 5.82 Å². The number of hydrogen-bond donors (Lipinski definition) is 2. The van der Waals surface area contributed by atoms with E-state index in [9.17, 15) is 14.0 Å². The van der Waals surface area contributed by atoms with Gasteiger partial charge in [0, 0.05) is 32.6 Å². The summed E-state index contributed by atoms with van der Waals surface area (Å²) in [6.07, 6.45) is 4.37. The monoisotopic (exact) mass is 501 g/mol. The Morgan fingerprint density at radius 1 is 1.17 bits per heavy atom. The summed E-state index contributed by atoms with van der Waals surface area (Å²) in [7, 11) is 2.09. The fraction of sp³-hybridized carbons (Fsp3) is 0.577. The van der Waals surface area contributed by atoms with Gasteiger partial charge in [0.15, 0.2) is 10.9 Å². The standard InChI is InChI=1S/C26H36FN5O2S/c1-17-24(18(2)33)35-26(28-17)30-25(34)29-23-16-31(3)12-10-21(23)15-32-11-4-5-20(14-32)13-19-6-8-22(27)9-7-19/h6-9,20-21,23H,4-5,10-16H2,1-3H3,(H2,28,29,30,34)/t20?,21-,23-/m0/s1. The number of hydrogen-bond acceptors (Lipinski definition) is 6. The van der Waals surface area contributed by atoms with E-state index >= 15 is 0 Å². The second-order valence-corrected chi connectivity index (χ2v) is 11.1. The first kappa shape index (κ1) is 25.7. The van der Waals surface area contributed by atoms with Crippen molar-refractivity contribution in [1.82, 2.24) is 20.1 Å². The maximum Gasteiger partial charge on any atom is 0.321 e. The van der Waals surface area contributed by atoms with Crippen molar-refractivity contribution in [2.24, 2.45) is 11.8 Å². The van der Waals surface area contributed by atoms with Crippen molar-refractivity contribution >= 4 is 28.3 Å². The molecule has 4 rings (SSSR count). The Balaban J connectivity index is 1.33. The Hall–Kier alpha value is -2.36. The molecule has 9 heteroatoms. The number of benzene rings is 1. The molecule has 190 valence electrons. The van der Waals surface area contributed by atoms with Crippen LogP contribution < -0.4 is 10.6 Å². The van der Waals surface area contributed by atoms with Crippen LogP contribution in [0, 0.1) is 24.6 Å². The average Bonchev–Trinajstić information content (AvgIpc) is 3.17. The molecule has 35 heavy (non-hydrogen) atoms. The van der Waals surface area contributed by atoms with E-state index in [1.54, 1.807) is 19.1 Å². The Morgan fingerprint density at radius 2 is 1.94 bits per heavy atom. The molecule has 2 aromatic rings. The zero-order valence-electron chi connectivity index (χ0n) is 20.8. The molecule has 1 aromatic heterocycles. The molecule has 2 fully saturated rings. The lowest BCUT2D eigenvalue weighted by molar-refractivity contribution is 0.0997. The number of likely N-dealkylation sites (tertiary alicyclic amines) is 2. The molecule has 2 N–H and O–H groups in total. The predicted octanol–water partition coefficient (Wildman–Crippen LogP) is 4.19. The summed E-state index contributed by atoms with van der Waals surface area (Å²) >= 11 is 1.22. The molecule has 2 aliphatic heterocycles. The number of amides is 2. The Bertz CT molecular complexity index is 1030. The van der Waals surface area contributed by atoms with E-state index in [-0.39, 0.29) is 23.7 Å². The SMILES string of the molecule is CC(=O)c1sc(NC(=O)N[C@H]2CN(C)CC[C@H]2CN2CCCC(Cc3ccc(F)cc3)C2)nc1C. The highest BCUT2D eigenvalue weighted by Gasteiger charge is 2.32. The molecule has 0 spiro atoms. The number of anilines is 1. The number of ketones is 1. The highest BCUT2D eigenvalue weighted by molar-refractivity contribution is 7.17. The minimum atomic E-state index is -0.271. The quantitative estimate of drug-likeness (QED) is 0.557. The number of aromatic nitrogens is 1. The van der Waals surface area contributed by atoms with Crippen molar-refractivity contribution in [2.45, 2.75) is 45.6 Å². The Kier molecular flexibility index (Phi) is 8.51. The highest BCUT2D eigenvalue weighted by Crippen LogP contribution is 2.26. The van der Waals surface area contributed by atoms with E-state index in [0.717, 1.165) is 45.6 Å². The molecular weight excluding hydrogens is 465 g/mol. The van der Waals surface area contributed by atoms with E-state index in [0.29, 0.717) is 27.5 Å². The van der Waals surface area contributed by atoms with Crippen LogP contribution in [0.15, 0.2) is 24.3 Å². The molecule has 1 unspecified atom stereocenters. The third-order valence-electron chi connectivity index (χ3n) is 7.15. The van der Waals surface area contributed by atoms with Gasteiger partial charge in [-0.2, -0.15) is 0 Å². The van der Waals surface area contributed by atoms with Crippen molar-refractivity contribution in [1.29, 1.82) is 0 Å². The Morgan fingerprint density at radius 3 is 2.66 bits per heavy atom. The van der Waals surface area contributed by atoms with Crippen molar-refractivity contribution in [3.63, 3.8) is 0 Å². The van der Waals surface area contributed by atoms with Crippen molar-refractivity contribution in [3.8, 4) is 0 Å². The molecule has 1 aromatic carbocycles. The summed E-state index contributed by atoms with van der Waals surface area (Å²) in [5.41, 5.74) is 1.84. The number of likely N-dealkylation sites (N-methyl/N-ethyl adjacent to an activating group) is 1. The number of halogens is 1. The second-order valence-electron chi connectivity index (χ2n) is 10.1. The molecule has 3 atom stereocenters. The molecule has 0 aliphatic carbocycles. The fourth-order valence-electron chi connectivity index (χ4n) is 5.39. The van der Waals surface area contributed by atoms with Crippen LogP contribution >= 0.6 is 11.3 Å². The number of thiazole rings is 1. The van der Waals surface area contributed by atoms with Gasteiger partial charge < -0.3 is 15.1 Å². The number of carbonyl (C=O) groups is 2. The highest BCUT2D eigenvalue weighted by atomic mass is 32.1. The normalized spacial score (nSPS) is 23.7. The van der Waals surface area contributed by atoms with E-state index in [1.165, 1.54) is 36.7 Å². The van der Waals surface area contributed by atoms with Crippen LogP contribution in [0.4, 0.5) is 14.3 Å². The summed E-state index contributed by atoms with van der Waals surface area (Å²) in [4.78, 5) is 34.2. The van der Waals surface area contributed by atoms with Crippen LogP contribution in [0.2, 0.25) is 0 Å². The molecule has 0 saturated carbocycles.